The average molecular weight is 277 g/mol. The maximum Gasteiger partial charge on any atom is 0.0323 e. The van der Waals surface area contributed by atoms with Crippen molar-refractivity contribution in [3.8, 4) is 11.1 Å². The molecule has 2 aromatic rings. The Bertz CT molecular complexity index is 655. The summed E-state index contributed by atoms with van der Waals surface area (Å²) in [5, 5.41) is 3.46. The van der Waals surface area contributed by atoms with Crippen LogP contribution in [0.15, 0.2) is 42.5 Å². The molecule has 0 radical (unpaired) electrons. The molecule has 2 aliphatic rings. The van der Waals surface area contributed by atoms with Crippen LogP contribution in [-0.4, -0.2) is 7.05 Å². The summed E-state index contributed by atoms with van der Waals surface area (Å²) in [5.74, 6) is 0.790. The molecule has 4 rings (SSSR count). The first-order valence-electron chi connectivity index (χ1n) is 8.27. The van der Waals surface area contributed by atoms with Crippen molar-refractivity contribution >= 4 is 0 Å². The van der Waals surface area contributed by atoms with Gasteiger partial charge in [-0.3, -0.25) is 0 Å². The number of hydrogen-bond acceptors (Lipinski definition) is 1. The molecule has 1 heteroatoms. The molecule has 1 nitrogen and oxygen atoms in total. The standard InChI is InChI=1S/C20H23N/c1-21-20-13-12-18-17(10-5-11-19(18)20)16-9-3-2-8-15(16)14-6-4-7-14/h2-3,5,8-11,14,20-21H,4,6-7,12-13H2,1H3. The van der Waals surface area contributed by atoms with Gasteiger partial charge in [-0.05, 0) is 66.5 Å². The van der Waals surface area contributed by atoms with Gasteiger partial charge in [0.05, 0.1) is 0 Å². The van der Waals surface area contributed by atoms with Crippen LogP contribution in [0.3, 0.4) is 0 Å². The number of nitrogens with one attached hydrogen (secondary N) is 1. The monoisotopic (exact) mass is 277 g/mol. The second kappa shape index (κ2) is 5.31. The van der Waals surface area contributed by atoms with E-state index in [1.165, 1.54) is 48.8 Å². The zero-order valence-electron chi connectivity index (χ0n) is 12.7. The smallest absolute Gasteiger partial charge is 0.0323 e. The molecule has 1 N–H and O–H groups in total. The Morgan fingerprint density at radius 1 is 0.857 bits per heavy atom. The first-order chi connectivity index (χ1) is 10.4. The lowest BCUT2D eigenvalue weighted by atomic mass is 9.76. The zero-order valence-corrected chi connectivity index (χ0v) is 12.7. The quantitative estimate of drug-likeness (QED) is 0.847. The fourth-order valence-corrected chi connectivity index (χ4v) is 4.02. The predicted octanol–water partition coefficient (Wildman–Crippen LogP) is 4.83. The Kier molecular flexibility index (Phi) is 3.31. The highest BCUT2D eigenvalue weighted by Crippen LogP contribution is 2.44. The number of rotatable bonds is 3. The Morgan fingerprint density at radius 2 is 1.62 bits per heavy atom. The summed E-state index contributed by atoms with van der Waals surface area (Å²) in [7, 11) is 2.08. The summed E-state index contributed by atoms with van der Waals surface area (Å²) < 4.78 is 0. The summed E-state index contributed by atoms with van der Waals surface area (Å²) >= 11 is 0. The van der Waals surface area contributed by atoms with Crippen LogP contribution in [0.5, 0.6) is 0 Å². The molecule has 1 fully saturated rings. The Morgan fingerprint density at radius 3 is 2.38 bits per heavy atom. The van der Waals surface area contributed by atoms with Crippen molar-refractivity contribution in [1.29, 1.82) is 0 Å². The Balaban J connectivity index is 1.83. The normalized spacial score (nSPS) is 21.1. The molecule has 0 aromatic heterocycles. The van der Waals surface area contributed by atoms with E-state index in [1.54, 1.807) is 11.1 Å². The van der Waals surface area contributed by atoms with Gasteiger partial charge < -0.3 is 5.32 Å². The van der Waals surface area contributed by atoms with E-state index in [9.17, 15) is 0 Å². The van der Waals surface area contributed by atoms with Gasteiger partial charge in [0, 0.05) is 6.04 Å². The molecule has 1 unspecified atom stereocenters. The van der Waals surface area contributed by atoms with E-state index in [-0.39, 0.29) is 0 Å². The van der Waals surface area contributed by atoms with E-state index in [0.29, 0.717) is 6.04 Å². The molecule has 0 saturated heterocycles. The van der Waals surface area contributed by atoms with Gasteiger partial charge >= 0.3 is 0 Å². The highest BCUT2D eigenvalue weighted by atomic mass is 14.9. The molecule has 1 saturated carbocycles. The maximum atomic E-state index is 3.46. The van der Waals surface area contributed by atoms with Crippen molar-refractivity contribution in [3.63, 3.8) is 0 Å². The van der Waals surface area contributed by atoms with Gasteiger partial charge in [0.2, 0.25) is 0 Å². The summed E-state index contributed by atoms with van der Waals surface area (Å²) in [6.45, 7) is 0. The molecule has 0 aliphatic heterocycles. The summed E-state index contributed by atoms with van der Waals surface area (Å²) in [5.41, 5.74) is 7.62. The van der Waals surface area contributed by atoms with E-state index < -0.39 is 0 Å². The average Bonchev–Trinajstić information content (AvgIpc) is 2.89. The molecule has 0 heterocycles. The second-order valence-corrected chi connectivity index (χ2v) is 6.47. The van der Waals surface area contributed by atoms with Crippen LogP contribution in [-0.2, 0) is 6.42 Å². The fraction of sp³-hybridized carbons (Fsp3) is 0.400. The van der Waals surface area contributed by atoms with Gasteiger partial charge in [0.25, 0.3) is 0 Å². The van der Waals surface area contributed by atoms with Crippen molar-refractivity contribution in [2.24, 2.45) is 0 Å². The number of benzene rings is 2. The minimum Gasteiger partial charge on any atom is -0.313 e. The molecular formula is C20H23N. The molecule has 0 amide bonds. The van der Waals surface area contributed by atoms with E-state index in [4.69, 9.17) is 0 Å². The fourth-order valence-electron chi connectivity index (χ4n) is 4.02. The summed E-state index contributed by atoms with van der Waals surface area (Å²) in [4.78, 5) is 0. The lowest BCUT2D eigenvalue weighted by Gasteiger charge is -2.28. The summed E-state index contributed by atoms with van der Waals surface area (Å²) in [6.07, 6.45) is 6.56. The number of fused-ring (bicyclic) bond motifs is 1. The molecule has 2 aromatic carbocycles. The van der Waals surface area contributed by atoms with Gasteiger partial charge in [-0.25, -0.2) is 0 Å². The van der Waals surface area contributed by atoms with Crippen molar-refractivity contribution in [2.45, 2.75) is 44.1 Å². The van der Waals surface area contributed by atoms with E-state index in [0.717, 1.165) is 5.92 Å². The van der Waals surface area contributed by atoms with E-state index in [2.05, 4.69) is 54.8 Å². The van der Waals surface area contributed by atoms with Crippen LogP contribution in [0.25, 0.3) is 11.1 Å². The van der Waals surface area contributed by atoms with Gasteiger partial charge in [0.15, 0.2) is 0 Å². The molecule has 2 aliphatic carbocycles. The van der Waals surface area contributed by atoms with E-state index >= 15 is 0 Å². The SMILES string of the molecule is CNC1CCc2c(-c3ccccc3C3CCC3)cccc21. The Labute approximate surface area is 127 Å². The molecular weight excluding hydrogens is 254 g/mol. The topological polar surface area (TPSA) is 12.0 Å². The van der Waals surface area contributed by atoms with Crippen molar-refractivity contribution in [3.05, 3.63) is 59.2 Å². The maximum absolute atomic E-state index is 3.46. The highest BCUT2D eigenvalue weighted by molar-refractivity contribution is 5.73. The van der Waals surface area contributed by atoms with E-state index in [1.807, 2.05) is 0 Å². The minimum atomic E-state index is 0.538. The van der Waals surface area contributed by atoms with Crippen molar-refractivity contribution < 1.29 is 0 Å². The van der Waals surface area contributed by atoms with Crippen molar-refractivity contribution in [2.75, 3.05) is 7.05 Å². The van der Waals surface area contributed by atoms with Crippen LogP contribution < -0.4 is 5.32 Å². The first-order valence-corrected chi connectivity index (χ1v) is 8.27. The van der Waals surface area contributed by atoms with Crippen LogP contribution in [0, 0.1) is 0 Å². The zero-order chi connectivity index (χ0) is 14.2. The lowest BCUT2D eigenvalue weighted by molar-refractivity contribution is 0.420. The van der Waals surface area contributed by atoms with Crippen LogP contribution in [0.2, 0.25) is 0 Å². The third kappa shape index (κ3) is 2.11. The van der Waals surface area contributed by atoms with Gasteiger partial charge in [-0.15, -0.1) is 0 Å². The van der Waals surface area contributed by atoms with Crippen molar-refractivity contribution in [1.82, 2.24) is 5.32 Å². The first kappa shape index (κ1) is 13.1. The highest BCUT2D eigenvalue weighted by Gasteiger charge is 2.26. The van der Waals surface area contributed by atoms with Crippen LogP contribution in [0.4, 0.5) is 0 Å². The molecule has 108 valence electrons. The van der Waals surface area contributed by atoms with Crippen LogP contribution >= 0.6 is 0 Å². The molecule has 0 bridgehead atoms. The molecule has 21 heavy (non-hydrogen) atoms. The minimum absolute atomic E-state index is 0.538. The van der Waals surface area contributed by atoms with Gasteiger partial charge in [-0.1, -0.05) is 48.9 Å². The Hall–Kier alpha value is -1.60. The van der Waals surface area contributed by atoms with Gasteiger partial charge in [-0.2, -0.15) is 0 Å². The third-order valence-corrected chi connectivity index (χ3v) is 5.42. The number of hydrogen-bond donors (Lipinski definition) is 1. The lowest BCUT2D eigenvalue weighted by Crippen LogP contribution is -2.12. The largest absolute Gasteiger partial charge is 0.313 e. The summed E-state index contributed by atoms with van der Waals surface area (Å²) in [6, 6.07) is 16.5. The third-order valence-electron chi connectivity index (χ3n) is 5.42. The van der Waals surface area contributed by atoms with Gasteiger partial charge in [0.1, 0.15) is 0 Å². The molecule has 0 spiro atoms. The molecule has 1 atom stereocenters. The van der Waals surface area contributed by atoms with Crippen LogP contribution in [0.1, 0.15) is 54.3 Å². The second-order valence-electron chi connectivity index (χ2n) is 6.47. The predicted molar refractivity (Wildman–Crippen MR) is 88.6 cm³/mol.